The highest BCUT2D eigenvalue weighted by Crippen LogP contribution is 2.03. The van der Waals surface area contributed by atoms with E-state index in [0.717, 1.165) is 0 Å². The summed E-state index contributed by atoms with van der Waals surface area (Å²) in [5.41, 5.74) is 5.42. The molecule has 2 rings (SSSR count). The molecule has 0 atom stereocenters. The number of rotatable bonds is 2. The molecule has 0 spiro atoms. The van der Waals surface area contributed by atoms with Gasteiger partial charge in [0, 0.05) is 6.20 Å². The fraction of sp³-hybridized carbons (Fsp3) is 0. The van der Waals surface area contributed by atoms with E-state index in [2.05, 4.69) is 15.1 Å². The lowest BCUT2D eigenvalue weighted by molar-refractivity contribution is 0.0995. The summed E-state index contributed by atoms with van der Waals surface area (Å²) >= 11 is 0. The van der Waals surface area contributed by atoms with Crippen LogP contribution in [0.25, 0.3) is 5.82 Å². The molecule has 2 N–H and O–H groups in total. The zero-order valence-corrected chi connectivity index (χ0v) is 8.03. The Morgan fingerprint density at radius 3 is 2.75 bits per heavy atom. The van der Waals surface area contributed by atoms with E-state index in [9.17, 15) is 4.79 Å². The standard InChI is InChI=1S/C9H6N6O/c10-3-6-4-13-8(5-12-6)15-2-1-7(14-15)9(11)16/h1-2,4-5H,(H2,11,16). The van der Waals surface area contributed by atoms with Gasteiger partial charge in [0.2, 0.25) is 0 Å². The summed E-state index contributed by atoms with van der Waals surface area (Å²) in [6, 6.07) is 3.33. The topological polar surface area (TPSA) is 110 Å². The normalized spacial score (nSPS) is 9.69. The minimum absolute atomic E-state index is 0.145. The van der Waals surface area contributed by atoms with Crippen LogP contribution in [0, 0.1) is 11.3 Å². The van der Waals surface area contributed by atoms with Crippen LogP contribution in [-0.2, 0) is 0 Å². The number of hydrogen-bond donors (Lipinski definition) is 1. The summed E-state index contributed by atoms with van der Waals surface area (Å²) in [4.78, 5) is 18.6. The first kappa shape index (κ1) is 9.79. The molecule has 16 heavy (non-hydrogen) atoms. The Balaban J connectivity index is 2.36. The molecular formula is C9H6N6O. The fourth-order valence-corrected chi connectivity index (χ4v) is 1.08. The Bertz CT molecular complexity index is 564. The van der Waals surface area contributed by atoms with E-state index in [1.54, 1.807) is 0 Å². The predicted octanol–water partition coefficient (Wildman–Crippen LogP) is -0.367. The maximum Gasteiger partial charge on any atom is 0.269 e. The minimum atomic E-state index is -0.611. The Hall–Kier alpha value is -2.75. The molecule has 78 valence electrons. The molecule has 2 aromatic rings. The van der Waals surface area contributed by atoms with E-state index >= 15 is 0 Å². The van der Waals surface area contributed by atoms with Gasteiger partial charge in [-0.3, -0.25) is 4.79 Å². The van der Waals surface area contributed by atoms with Gasteiger partial charge in [0.05, 0.1) is 12.4 Å². The number of primary amides is 1. The highest BCUT2D eigenvalue weighted by atomic mass is 16.1. The van der Waals surface area contributed by atoms with Crippen LogP contribution < -0.4 is 5.73 Å². The van der Waals surface area contributed by atoms with Crippen molar-refractivity contribution in [1.29, 1.82) is 5.26 Å². The lowest BCUT2D eigenvalue weighted by Crippen LogP contribution is -2.12. The van der Waals surface area contributed by atoms with E-state index in [4.69, 9.17) is 11.0 Å². The molecule has 0 radical (unpaired) electrons. The number of nitrogens with two attached hydrogens (primary N) is 1. The molecule has 2 heterocycles. The van der Waals surface area contributed by atoms with Crippen molar-refractivity contribution in [2.24, 2.45) is 5.73 Å². The lowest BCUT2D eigenvalue weighted by Gasteiger charge is -1.97. The van der Waals surface area contributed by atoms with Gasteiger partial charge in [-0.1, -0.05) is 0 Å². The highest BCUT2D eigenvalue weighted by Gasteiger charge is 2.06. The van der Waals surface area contributed by atoms with E-state index in [1.807, 2.05) is 6.07 Å². The predicted molar refractivity (Wildman–Crippen MR) is 52.4 cm³/mol. The Kier molecular flexibility index (Phi) is 2.31. The van der Waals surface area contributed by atoms with Crippen LogP contribution in [0.1, 0.15) is 16.2 Å². The third kappa shape index (κ3) is 1.72. The molecule has 7 nitrogen and oxygen atoms in total. The van der Waals surface area contributed by atoms with Gasteiger partial charge in [0.15, 0.2) is 11.5 Å². The van der Waals surface area contributed by atoms with Gasteiger partial charge in [-0.15, -0.1) is 0 Å². The summed E-state index contributed by atoms with van der Waals surface area (Å²) in [5.74, 6) is -0.202. The number of carbonyl (C=O) groups is 1. The van der Waals surface area contributed by atoms with Gasteiger partial charge in [0.1, 0.15) is 11.8 Å². The van der Waals surface area contributed by atoms with Gasteiger partial charge in [-0.05, 0) is 6.07 Å². The Morgan fingerprint density at radius 2 is 2.25 bits per heavy atom. The SMILES string of the molecule is N#Cc1cnc(-n2ccc(C(N)=O)n2)cn1. The number of aromatic nitrogens is 4. The van der Waals surface area contributed by atoms with E-state index in [0.29, 0.717) is 5.82 Å². The van der Waals surface area contributed by atoms with Crippen molar-refractivity contribution >= 4 is 5.91 Å². The molecule has 7 heteroatoms. The number of hydrogen-bond acceptors (Lipinski definition) is 5. The van der Waals surface area contributed by atoms with Crippen molar-refractivity contribution in [2.75, 3.05) is 0 Å². The van der Waals surface area contributed by atoms with Crippen LogP contribution in [0.4, 0.5) is 0 Å². The molecule has 0 bridgehead atoms. The van der Waals surface area contributed by atoms with Gasteiger partial charge in [0.25, 0.3) is 5.91 Å². The number of nitrogens with zero attached hydrogens (tertiary/aromatic N) is 5. The van der Waals surface area contributed by atoms with Crippen LogP contribution in [0.2, 0.25) is 0 Å². The van der Waals surface area contributed by atoms with E-state index in [1.165, 1.54) is 29.3 Å². The van der Waals surface area contributed by atoms with E-state index < -0.39 is 5.91 Å². The average molecular weight is 214 g/mol. The first-order chi connectivity index (χ1) is 7.70. The van der Waals surface area contributed by atoms with Gasteiger partial charge in [-0.2, -0.15) is 10.4 Å². The fourth-order valence-electron chi connectivity index (χ4n) is 1.08. The molecule has 2 aromatic heterocycles. The van der Waals surface area contributed by atoms with Crippen LogP contribution in [0.5, 0.6) is 0 Å². The summed E-state index contributed by atoms with van der Waals surface area (Å²) in [7, 11) is 0. The second-order valence-corrected chi connectivity index (χ2v) is 2.88. The molecule has 0 aliphatic carbocycles. The first-order valence-electron chi connectivity index (χ1n) is 4.28. The monoisotopic (exact) mass is 214 g/mol. The molecular weight excluding hydrogens is 208 g/mol. The van der Waals surface area contributed by atoms with Crippen molar-refractivity contribution < 1.29 is 4.79 Å². The quantitative estimate of drug-likeness (QED) is 0.733. The highest BCUT2D eigenvalue weighted by molar-refractivity contribution is 5.90. The molecule has 0 aromatic carbocycles. The molecule has 0 aliphatic heterocycles. The van der Waals surface area contributed by atoms with Crippen LogP contribution in [0.3, 0.4) is 0 Å². The summed E-state index contributed by atoms with van der Waals surface area (Å²) in [6.07, 6.45) is 4.24. The van der Waals surface area contributed by atoms with Crippen molar-refractivity contribution in [3.8, 4) is 11.9 Å². The average Bonchev–Trinajstić information content (AvgIpc) is 2.78. The minimum Gasteiger partial charge on any atom is -0.364 e. The zero-order chi connectivity index (χ0) is 11.5. The number of amides is 1. The molecule has 0 aliphatic rings. The van der Waals surface area contributed by atoms with Crippen LogP contribution in [0.15, 0.2) is 24.7 Å². The first-order valence-corrected chi connectivity index (χ1v) is 4.28. The summed E-state index contributed by atoms with van der Waals surface area (Å²) < 4.78 is 1.36. The largest absolute Gasteiger partial charge is 0.364 e. The van der Waals surface area contributed by atoms with Crippen LogP contribution >= 0.6 is 0 Å². The third-order valence-electron chi connectivity index (χ3n) is 1.83. The van der Waals surface area contributed by atoms with Crippen molar-refractivity contribution in [3.05, 3.63) is 36.0 Å². The molecule has 0 unspecified atom stereocenters. The molecule has 0 saturated heterocycles. The van der Waals surface area contributed by atoms with Gasteiger partial charge in [-0.25, -0.2) is 14.6 Å². The zero-order valence-electron chi connectivity index (χ0n) is 8.03. The Morgan fingerprint density at radius 1 is 1.44 bits per heavy atom. The summed E-state index contributed by atoms with van der Waals surface area (Å²) in [6.45, 7) is 0. The summed E-state index contributed by atoms with van der Waals surface area (Å²) in [5, 5.41) is 12.4. The number of carbonyl (C=O) groups excluding carboxylic acids is 1. The smallest absolute Gasteiger partial charge is 0.269 e. The second kappa shape index (κ2) is 3.78. The third-order valence-corrected chi connectivity index (χ3v) is 1.83. The van der Waals surface area contributed by atoms with E-state index in [-0.39, 0.29) is 11.4 Å². The molecule has 0 saturated carbocycles. The maximum absolute atomic E-state index is 10.8. The van der Waals surface area contributed by atoms with Crippen molar-refractivity contribution in [1.82, 2.24) is 19.7 Å². The maximum atomic E-state index is 10.8. The van der Waals surface area contributed by atoms with Crippen LogP contribution in [-0.4, -0.2) is 25.7 Å². The number of nitriles is 1. The molecule has 1 amide bonds. The Labute approximate surface area is 90.2 Å². The van der Waals surface area contributed by atoms with Crippen molar-refractivity contribution in [3.63, 3.8) is 0 Å². The lowest BCUT2D eigenvalue weighted by atomic mass is 10.4. The molecule has 0 fully saturated rings. The second-order valence-electron chi connectivity index (χ2n) is 2.88. The van der Waals surface area contributed by atoms with Gasteiger partial charge >= 0.3 is 0 Å². The van der Waals surface area contributed by atoms with Crippen molar-refractivity contribution in [2.45, 2.75) is 0 Å². The van der Waals surface area contributed by atoms with Gasteiger partial charge < -0.3 is 5.73 Å².